The van der Waals surface area contributed by atoms with Crippen molar-refractivity contribution in [1.82, 2.24) is 29.6 Å². The van der Waals surface area contributed by atoms with Crippen molar-refractivity contribution in [3.05, 3.63) is 65.9 Å². The lowest BCUT2D eigenvalue weighted by Crippen LogP contribution is -2.45. The first-order chi connectivity index (χ1) is 18.0. The molecule has 1 aliphatic heterocycles. The van der Waals surface area contributed by atoms with Gasteiger partial charge in [0.1, 0.15) is 17.7 Å². The molecule has 3 heterocycles. The van der Waals surface area contributed by atoms with Gasteiger partial charge in [0.2, 0.25) is 21.8 Å². The molecule has 5 rings (SSSR count). The summed E-state index contributed by atoms with van der Waals surface area (Å²) in [5.74, 6) is -1.72. The molecule has 1 aliphatic carbocycles. The molecule has 0 bridgehead atoms. The molecule has 1 N–H and O–H groups in total. The van der Waals surface area contributed by atoms with E-state index >= 15 is 0 Å². The largest absolute Gasteiger partial charge is 0.451 e. The van der Waals surface area contributed by atoms with Crippen LogP contribution in [0.25, 0.3) is 11.3 Å². The van der Waals surface area contributed by atoms with Gasteiger partial charge in [-0.05, 0) is 56.0 Å². The van der Waals surface area contributed by atoms with Crippen LogP contribution in [0.15, 0.2) is 47.6 Å². The Hall–Kier alpha value is -3.52. The molecule has 0 radical (unpaired) electrons. The van der Waals surface area contributed by atoms with Crippen molar-refractivity contribution in [3.63, 3.8) is 0 Å². The summed E-state index contributed by atoms with van der Waals surface area (Å²) >= 11 is 0. The Bertz CT molecular complexity index is 1450. The lowest BCUT2D eigenvalue weighted by atomic mass is 10.2. The number of aromatic nitrogens is 4. The third-order valence-electron chi connectivity index (χ3n) is 6.31. The van der Waals surface area contributed by atoms with E-state index in [4.69, 9.17) is 0 Å². The van der Waals surface area contributed by atoms with Gasteiger partial charge >= 0.3 is 6.18 Å². The summed E-state index contributed by atoms with van der Waals surface area (Å²) in [5, 5.41) is 2.72. The Morgan fingerprint density at radius 1 is 1.05 bits per heavy atom. The second-order valence-corrected chi connectivity index (χ2v) is 11.0. The highest BCUT2D eigenvalue weighted by atomic mass is 32.2. The fourth-order valence-corrected chi connectivity index (χ4v) is 5.87. The maximum absolute atomic E-state index is 13.3. The number of benzene rings is 1. The average Bonchev–Trinajstić information content (AvgIpc) is 3.62. The normalized spacial score (nSPS) is 18.5. The van der Waals surface area contributed by atoms with Crippen molar-refractivity contribution in [1.29, 1.82) is 0 Å². The Morgan fingerprint density at radius 3 is 2.37 bits per heavy atom. The predicted molar refractivity (Wildman–Crippen MR) is 125 cm³/mol. The summed E-state index contributed by atoms with van der Waals surface area (Å²) in [7, 11) is -4.01. The molecular formula is C24H22F4N6O3S. The number of halogens is 4. The van der Waals surface area contributed by atoms with Gasteiger partial charge in [0, 0.05) is 30.4 Å². The van der Waals surface area contributed by atoms with Crippen LogP contribution in [0, 0.1) is 5.82 Å². The van der Waals surface area contributed by atoms with Crippen molar-refractivity contribution < 1.29 is 30.8 Å². The smallest absolute Gasteiger partial charge is 0.349 e. The molecule has 0 spiro atoms. The van der Waals surface area contributed by atoms with E-state index in [9.17, 15) is 30.8 Å². The average molecular weight is 551 g/mol. The van der Waals surface area contributed by atoms with E-state index in [1.165, 1.54) is 6.07 Å². The second kappa shape index (κ2) is 9.98. The molecule has 9 nitrogen and oxygen atoms in total. The van der Waals surface area contributed by atoms with Crippen molar-refractivity contribution in [2.45, 2.75) is 55.3 Å². The highest BCUT2D eigenvalue weighted by Gasteiger charge is 2.39. The molecule has 2 aliphatic rings. The maximum Gasteiger partial charge on any atom is 0.451 e. The summed E-state index contributed by atoms with van der Waals surface area (Å²) in [6, 6.07) is 4.99. The van der Waals surface area contributed by atoms with E-state index in [0.717, 1.165) is 53.8 Å². The number of hydrogen-bond acceptors (Lipinski definition) is 7. The van der Waals surface area contributed by atoms with Crippen molar-refractivity contribution >= 4 is 15.9 Å². The minimum atomic E-state index is -4.67. The molecule has 14 heteroatoms. The lowest BCUT2D eigenvalue weighted by molar-refractivity contribution is -0.145. The van der Waals surface area contributed by atoms with Gasteiger partial charge in [-0.3, -0.25) is 4.79 Å². The van der Waals surface area contributed by atoms with Gasteiger partial charge in [-0.2, -0.15) is 17.5 Å². The monoisotopic (exact) mass is 550 g/mol. The van der Waals surface area contributed by atoms with Gasteiger partial charge < -0.3 is 5.32 Å². The Morgan fingerprint density at radius 2 is 1.74 bits per heavy atom. The Kier molecular flexibility index (Phi) is 6.86. The van der Waals surface area contributed by atoms with E-state index in [1.807, 2.05) is 0 Å². The fraction of sp³-hybridized carbons (Fsp3) is 0.375. The lowest BCUT2D eigenvalue weighted by Gasteiger charge is -2.23. The highest BCUT2D eigenvalue weighted by molar-refractivity contribution is 7.89. The van der Waals surface area contributed by atoms with Gasteiger partial charge in [0.25, 0.3) is 0 Å². The maximum atomic E-state index is 13.3. The zero-order chi connectivity index (χ0) is 27.1. The first-order valence-electron chi connectivity index (χ1n) is 11.8. The minimum Gasteiger partial charge on any atom is -0.349 e. The number of nitrogens with one attached hydrogen (secondary N) is 1. The molecule has 2 aromatic heterocycles. The molecule has 200 valence electrons. The zero-order valence-corrected chi connectivity index (χ0v) is 20.6. The van der Waals surface area contributed by atoms with Crippen LogP contribution in [0.1, 0.15) is 48.9 Å². The standard InChI is InChI=1S/C24H22F4N6O3S/c25-16-5-7-18(8-6-16)38(36,37)34-9-1-2-20(34)22(35)29-13-17-10-19(33-21(32-17)14-3-4-14)15-11-30-23(31-12-15)24(26,27)28/h5-8,10-12,14,20H,1-4,9,13H2,(H,29,35)/t20-/m0/s1. The first-order valence-corrected chi connectivity index (χ1v) is 13.3. The highest BCUT2D eigenvalue weighted by Crippen LogP contribution is 2.39. The first kappa shape index (κ1) is 26.1. The molecule has 2 fully saturated rings. The zero-order valence-electron chi connectivity index (χ0n) is 19.8. The number of sulfonamides is 1. The molecule has 0 unspecified atom stereocenters. The van der Waals surface area contributed by atoms with Crippen molar-refractivity contribution in [3.8, 4) is 11.3 Å². The number of nitrogens with zero attached hydrogens (tertiary/aromatic N) is 5. The molecule has 3 aromatic rings. The van der Waals surface area contributed by atoms with E-state index in [0.29, 0.717) is 30.1 Å². The van der Waals surface area contributed by atoms with Gasteiger partial charge in [0.15, 0.2) is 0 Å². The summed E-state index contributed by atoms with van der Waals surface area (Å²) in [5.41, 5.74) is 1.000. The van der Waals surface area contributed by atoms with E-state index in [-0.39, 0.29) is 29.5 Å². The number of rotatable bonds is 7. The number of carbonyl (C=O) groups is 1. The quantitative estimate of drug-likeness (QED) is 0.448. The SMILES string of the molecule is O=C(NCc1cc(-c2cnc(C(F)(F)F)nc2)nc(C2CC2)n1)[C@@H]1CCCN1S(=O)(=O)c1ccc(F)cc1. The van der Waals surface area contributed by atoms with Crippen molar-refractivity contribution in [2.75, 3.05) is 6.54 Å². The second-order valence-electron chi connectivity index (χ2n) is 9.12. The van der Waals surface area contributed by atoms with Crippen molar-refractivity contribution in [2.24, 2.45) is 0 Å². The summed E-state index contributed by atoms with van der Waals surface area (Å²) in [6.07, 6.45) is -0.0551. The number of alkyl halides is 3. The van der Waals surface area contributed by atoms with Crippen LogP contribution in [0.4, 0.5) is 17.6 Å². The van der Waals surface area contributed by atoms with Crippen LogP contribution in [0.3, 0.4) is 0 Å². The van der Waals surface area contributed by atoms with Crippen LogP contribution in [-0.4, -0.2) is 51.2 Å². The Labute approximate surface area is 215 Å². The summed E-state index contributed by atoms with van der Waals surface area (Å²) in [6.45, 7) is 0.103. The topological polar surface area (TPSA) is 118 Å². The van der Waals surface area contributed by atoms with Crippen LogP contribution < -0.4 is 5.32 Å². The third-order valence-corrected chi connectivity index (χ3v) is 8.23. The molecule has 1 aromatic carbocycles. The van der Waals surface area contributed by atoms with Gasteiger partial charge in [-0.25, -0.2) is 32.7 Å². The molecular weight excluding hydrogens is 528 g/mol. The number of hydrogen-bond donors (Lipinski definition) is 1. The molecule has 1 amide bonds. The van der Waals surface area contributed by atoms with E-state index in [1.54, 1.807) is 0 Å². The van der Waals surface area contributed by atoms with Crippen LogP contribution in [0.5, 0.6) is 0 Å². The van der Waals surface area contributed by atoms with E-state index in [2.05, 4.69) is 25.3 Å². The number of carbonyl (C=O) groups excluding carboxylic acids is 1. The molecule has 1 atom stereocenters. The minimum absolute atomic E-state index is 0.0451. The number of amides is 1. The fourth-order valence-electron chi connectivity index (χ4n) is 4.21. The van der Waals surface area contributed by atoms with Gasteiger partial charge in [-0.1, -0.05) is 0 Å². The summed E-state index contributed by atoms with van der Waals surface area (Å²) < 4.78 is 79.0. The third kappa shape index (κ3) is 5.50. The van der Waals surface area contributed by atoms with Gasteiger partial charge in [0.05, 0.1) is 22.8 Å². The van der Waals surface area contributed by atoms with Crippen LogP contribution >= 0.6 is 0 Å². The summed E-state index contributed by atoms with van der Waals surface area (Å²) in [4.78, 5) is 28.6. The van der Waals surface area contributed by atoms with E-state index < -0.39 is 39.8 Å². The predicted octanol–water partition coefficient (Wildman–Crippen LogP) is 3.44. The molecule has 1 saturated heterocycles. The Balaban J connectivity index is 1.33. The van der Waals surface area contributed by atoms with Gasteiger partial charge in [-0.15, -0.1) is 0 Å². The molecule has 1 saturated carbocycles. The van der Waals surface area contributed by atoms with Crippen LogP contribution in [-0.2, 0) is 27.5 Å². The van der Waals surface area contributed by atoms with Crippen LogP contribution in [0.2, 0.25) is 0 Å². The molecule has 38 heavy (non-hydrogen) atoms.